The number of hydrogen-bond donors (Lipinski definition) is 1. The largest absolute Gasteiger partial charge is 0.330 e. The van der Waals surface area contributed by atoms with Crippen LogP contribution in [-0.4, -0.2) is 31.6 Å². The highest BCUT2D eigenvalue weighted by atomic mass is 32.1. The molecule has 0 radical (unpaired) electrons. The van der Waals surface area contributed by atoms with Crippen molar-refractivity contribution in [3.05, 3.63) is 22.4 Å². The first kappa shape index (κ1) is 14.7. The van der Waals surface area contributed by atoms with Crippen LogP contribution >= 0.6 is 11.3 Å². The Bertz CT molecular complexity index is 297. The molecule has 0 aliphatic carbocycles. The van der Waals surface area contributed by atoms with Crippen LogP contribution in [0.4, 0.5) is 0 Å². The summed E-state index contributed by atoms with van der Waals surface area (Å²) < 4.78 is 0. The van der Waals surface area contributed by atoms with Crippen molar-refractivity contribution < 1.29 is 0 Å². The van der Waals surface area contributed by atoms with Gasteiger partial charge in [0.1, 0.15) is 0 Å². The zero-order chi connectivity index (χ0) is 12.7. The van der Waals surface area contributed by atoms with Crippen molar-refractivity contribution in [2.24, 2.45) is 11.1 Å². The van der Waals surface area contributed by atoms with Gasteiger partial charge in [-0.1, -0.05) is 26.3 Å². The van der Waals surface area contributed by atoms with E-state index in [0.29, 0.717) is 0 Å². The fourth-order valence-corrected chi connectivity index (χ4v) is 3.03. The zero-order valence-electron chi connectivity index (χ0n) is 11.4. The molecule has 0 amide bonds. The summed E-state index contributed by atoms with van der Waals surface area (Å²) >= 11 is 1.85. The molecule has 1 heterocycles. The number of nitrogens with two attached hydrogens (primary N) is 1. The molecule has 2 nitrogen and oxygen atoms in total. The van der Waals surface area contributed by atoms with Gasteiger partial charge in [-0.15, -0.1) is 11.3 Å². The van der Waals surface area contributed by atoms with E-state index in [4.69, 9.17) is 5.73 Å². The van der Waals surface area contributed by atoms with Crippen LogP contribution in [0.1, 0.15) is 31.6 Å². The number of hydrogen-bond acceptors (Lipinski definition) is 3. The Kier molecular flexibility index (Phi) is 6.17. The van der Waals surface area contributed by atoms with Crippen molar-refractivity contribution in [3.63, 3.8) is 0 Å². The maximum absolute atomic E-state index is 5.91. The molecule has 17 heavy (non-hydrogen) atoms. The molecule has 1 atom stereocenters. The fourth-order valence-electron chi connectivity index (χ4n) is 2.34. The van der Waals surface area contributed by atoms with Gasteiger partial charge in [0, 0.05) is 18.0 Å². The first-order valence-corrected chi connectivity index (χ1v) is 7.38. The molecular formula is C14H26N2S. The molecule has 0 saturated carbocycles. The zero-order valence-corrected chi connectivity index (χ0v) is 12.2. The highest BCUT2D eigenvalue weighted by Crippen LogP contribution is 2.22. The summed E-state index contributed by atoms with van der Waals surface area (Å²) in [5.41, 5.74) is 6.18. The summed E-state index contributed by atoms with van der Waals surface area (Å²) in [6.07, 6.45) is 3.58. The van der Waals surface area contributed by atoms with Gasteiger partial charge in [0.25, 0.3) is 0 Å². The van der Waals surface area contributed by atoms with Gasteiger partial charge in [0.05, 0.1) is 0 Å². The highest BCUT2D eigenvalue weighted by Gasteiger charge is 2.23. The van der Waals surface area contributed by atoms with E-state index in [2.05, 4.69) is 43.3 Å². The Labute approximate surface area is 110 Å². The molecule has 0 fully saturated rings. The number of nitrogens with zero attached hydrogens (tertiary/aromatic N) is 1. The predicted octanol–water partition coefficient (Wildman–Crippen LogP) is 2.99. The Morgan fingerprint density at radius 3 is 2.76 bits per heavy atom. The molecule has 0 bridgehead atoms. The first-order chi connectivity index (χ1) is 8.09. The summed E-state index contributed by atoms with van der Waals surface area (Å²) in [4.78, 5) is 3.89. The van der Waals surface area contributed by atoms with Crippen LogP contribution < -0.4 is 5.73 Å². The maximum Gasteiger partial charge on any atom is 0.00579 e. The molecule has 1 aromatic rings. The Hall–Kier alpha value is -0.380. The maximum atomic E-state index is 5.91. The number of likely N-dealkylation sites (N-methyl/N-ethyl adjacent to an activating group) is 1. The van der Waals surface area contributed by atoms with Crippen LogP contribution in [0, 0.1) is 5.41 Å². The molecule has 98 valence electrons. The van der Waals surface area contributed by atoms with Crippen LogP contribution in [0.25, 0.3) is 0 Å². The molecule has 0 spiro atoms. The standard InChI is InChI=1S/C14H26N2S/c1-4-8-14(2,11-15)12-16(3)9-7-13-6-5-10-17-13/h5-6,10H,4,7-9,11-12,15H2,1-3H3. The summed E-state index contributed by atoms with van der Waals surface area (Å²) in [7, 11) is 2.21. The Morgan fingerprint density at radius 2 is 2.24 bits per heavy atom. The van der Waals surface area contributed by atoms with Crippen molar-refractivity contribution in [1.29, 1.82) is 0 Å². The minimum atomic E-state index is 0.277. The average Bonchev–Trinajstić information content (AvgIpc) is 2.79. The molecule has 0 saturated heterocycles. The van der Waals surface area contributed by atoms with E-state index in [-0.39, 0.29) is 5.41 Å². The predicted molar refractivity (Wildman–Crippen MR) is 77.6 cm³/mol. The monoisotopic (exact) mass is 254 g/mol. The van der Waals surface area contributed by atoms with Crippen molar-refractivity contribution in [3.8, 4) is 0 Å². The second-order valence-electron chi connectivity index (χ2n) is 5.33. The number of thiophene rings is 1. The lowest BCUT2D eigenvalue weighted by Crippen LogP contribution is -2.39. The van der Waals surface area contributed by atoms with E-state index in [9.17, 15) is 0 Å². The summed E-state index contributed by atoms with van der Waals surface area (Å²) in [5.74, 6) is 0. The molecule has 0 aliphatic rings. The van der Waals surface area contributed by atoms with E-state index >= 15 is 0 Å². The third-order valence-electron chi connectivity index (χ3n) is 3.32. The third-order valence-corrected chi connectivity index (χ3v) is 4.25. The van der Waals surface area contributed by atoms with E-state index in [1.165, 1.54) is 17.7 Å². The Morgan fingerprint density at radius 1 is 1.47 bits per heavy atom. The summed E-state index contributed by atoms with van der Waals surface area (Å²) in [5, 5.41) is 2.15. The van der Waals surface area contributed by atoms with Gasteiger partial charge in [-0.2, -0.15) is 0 Å². The van der Waals surface area contributed by atoms with E-state index in [1.54, 1.807) is 0 Å². The summed E-state index contributed by atoms with van der Waals surface area (Å²) in [6.45, 7) is 7.55. The quantitative estimate of drug-likeness (QED) is 0.773. The van der Waals surface area contributed by atoms with Gasteiger partial charge in [-0.3, -0.25) is 0 Å². The van der Waals surface area contributed by atoms with E-state index in [1.807, 2.05) is 11.3 Å². The van der Waals surface area contributed by atoms with Crippen LogP contribution in [-0.2, 0) is 6.42 Å². The molecule has 3 heteroatoms. The molecule has 0 aliphatic heterocycles. The molecule has 1 rings (SSSR count). The molecule has 0 aromatic carbocycles. The minimum Gasteiger partial charge on any atom is -0.330 e. The number of rotatable bonds is 8. The van der Waals surface area contributed by atoms with Crippen molar-refractivity contribution in [2.45, 2.75) is 33.1 Å². The van der Waals surface area contributed by atoms with Crippen LogP contribution in [0.5, 0.6) is 0 Å². The van der Waals surface area contributed by atoms with Crippen molar-refractivity contribution >= 4 is 11.3 Å². The molecule has 1 unspecified atom stereocenters. The van der Waals surface area contributed by atoms with Gasteiger partial charge in [0.2, 0.25) is 0 Å². The topological polar surface area (TPSA) is 29.3 Å². The van der Waals surface area contributed by atoms with Crippen molar-refractivity contribution in [2.75, 3.05) is 26.7 Å². The lowest BCUT2D eigenvalue weighted by molar-refractivity contribution is 0.186. The van der Waals surface area contributed by atoms with Crippen LogP contribution in [0.15, 0.2) is 17.5 Å². The van der Waals surface area contributed by atoms with Gasteiger partial charge in [-0.25, -0.2) is 0 Å². The van der Waals surface area contributed by atoms with E-state index in [0.717, 1.165) is 26.1 Å². The third kappa shape index (κ3) is 5.19. The SMILES string of the molecule is CCCC(C)(CN)CN(C)CCc1cccs1. The van der Waals surface area contributed by atoms with Crippen LogP contribution in [0.2, 0.25) is 0 Å². The Balaban J connectivity index is 2.34. The lowest BCUT2D eigenvalue weighted by atomic mass is 9.85. The van der Waals surface area contributed by atoms with Crippen LogP contribution in [0.3, 0.4) is 0 Å². The van der Waals surface area contributed by atoms with Gasteiger partial charge in [0.15, 0.2) is 0 Å². The molecule has 2 N–H and O–H groups in total. The normalized spacial score (nSPS) is 15.1. The highest BCUT2D eigenvalue weighted by molar-refractivity contribution is 7.09. The van der Waals surface area contributed by atoms with Crippen molar-refractivity contribution in [1.82, 2.24) is 4.90 Å². The second kappa shape index (κ2) is 7.14. The molecule has 1 aromatic heterocycles. The summed E-state index contributed by atoms with van der Waals surface area (Å²) in [6, 6.07) is 4.34. The average molecular weight is 254 g/mol. The van der Waals surface area contributed by atoms with Gasteiger partial charge >= 0.3 is 0 Å². The smallest absolute Gasteiger partial charge is 0.00579 e. The van der Waals surface area contributed by atoms with E-state index < -0.39 is 0 Å². The lowest BCUT2D eigenvalue weighted by Gasteiger charge is -2.32. The van der Waals surface area contributed by atoms with Gasteiger partial charge in [-0.05, 0) is 43.3 Å². The first-order valence-electron chi connectivity index (χ1n) is 6.50. The minimum absolute atomic E-state index is 0.277. The molecular weight excluding hydrogens is 228 g/mol. The fraction of sp³-hybridized carbons (Fsp3) is 0.714. The van der Waals surface area contributed by atoms with Gasteiger partial charge < -0.3 is 10.6 Å². The second-order valence-corrected chi connectivity index (χ2v) is 6.36.